The molecule has 1 unspecified atom stereocenters. The highest BCUT2D eigenvalue weighted by atomic mass is 14.9. The van der Waals surface area contributed by atoms with Gasteiger partial charge in [0.25, 0.3) is 0 Å². The van der Waals surface area contributed by atoms with Crippen LogP contribution in [0.1, 0.15) is 105 Å². The van der Waals surface area contributed by atoms with Gasteiger partial charge in [-0.05, 0) is 18.9 Å². The summed E-state index contributed by atoms with van der Waals surface area (Å²) in [5.74, 6) is 0.879. The second kappa shape index (κ2) is 15.4. The van der Waals surface area contributed by atoms with Crippen LogP contribution in [0.15, 0.2) is 0 Å². The van der Waals surface area contributed by atoms with Gasteiger partial charge in [-0.2, -0.15) is 0 Å². The quantitative estimate of drug-likeness (QED) is 0.347. The Hall–Kier alpha value is -0.0400. The van der Waals surface area contributed by atoms with Crippen molar-refractivity contribution in [1.29, 1.82) is 0 Å². The number of nitrogens with one attached hydrogen (secondary N) is 1. The average molecular weight is 284 g/mol. The third-order valence-electron chi connectivity index (χ3n) is 4.70. The van der Waals surface area contributed by atoms with E-state index < -0.39 is 0 Å². The molecule has 1 N–H and O–H groups in total. The summed E-state index contributed by atoms with van der Waals surface area (Å²) >= 11 is 0. The number of rotatable bonds is 15. The van der Waals surface area contributed by atoms with Gasteiger partial charge in [0.1, 0.15) is 0 Å². The van der Waals surface area contributed by atoms with E-state index in [1.807, 2.05) is 0 Å². The highest BCUT2D eigenvalue weighted by Crippen LogP contribution is 2.19. The first-order valence-electron chi connectivity index (χ1n) is 9.53. The third-order valence-corrected chi connectivity index (χ3v) is 4.70. The Morgan fingerprint density at radius 1 is 0.650 bits per heavy atom. The molecule has 0 heterocycles. The summed E-state index contributed by atoms with van der Waals surface area (Å²) in [6.45, 7) is 10.3. The van der Waals surface area contributed by atoms with Crippen LogP contribution in [-0.4, -0.2) is 12.6 Å². The van der Waals surface area contributed by atoms with Crippen molar-refractivity contribution in [3.05, 3.63) is 0 Å². The summed E-state index contributed by atoms with van der Waals surface area (Å²) in [6.07, 6.45) is 17.0. The molecule has 0 radical (unpaired) electrons. The van der Waals surface area contributed by atoms with Crippen LogP contribution in [0.5, 0.6) is 0 Å². The molecule has 0 aromatic carbocycles. The Labute approximate surface area is 129 Å². The third kappa shape index (κ3) is 10.7. The topological polar surface area (TPSA) is 12.0 Å². The summed E-state index contributed by atoms with van der Waals surface area (Å²) in [4.78, 5) is 0. The molecule has 1 heteroatoms. The predicted molar refractivity (Wildman–Crippen MR) is 93.4 cm³/mol. The van der Waals surface area contributed by atoms with Crippen LogP contribution in [-0.2, 0) is 0 Å². The summed E-state index contributed by atoms with van der Waals surface area (Å²) in [5, 5.41) is 3.71. The maximum absolute atomic E-state index is 3.71. The van der Waals surface area contributed by atoms with E-state index in [1.54, 1.807) is 0 Å². The molecule has 0 aliphatic carbocycles. The van der Waals surface area contributed by atoms with Crippen LogP contribution < -0.4 is 5.32 Å². The Morgan fingerprint density at radius 3 is 1.60 bits per heavy atom. The van der Waals surface area contributed by atoms with Crippen molar-refractivity contribution in [2.45, 2.75) is 111 Å². The van der Waals surface area contributed by atoms with Crippen molar-refractivity contribution < 1.29 is 0 Å². The molecule has 0 aliphatic rings. The SMILES string of the molecule is CCCCCCCCCCCC(NCC)C(CC)CC. The van der Waals surface area contributed by atoms with Gasteiger partial charge >= 0.3 is 0 Å². The van der Waals surface area contributed by atoms with Gasteiger partial charge in [0.15, 0.2) is 0 Å². The standard InChI is InChI=1S/C19H41N/c1-5-9-10-11-12-13-14-15-16-17-19(20-8-4)18(6-2)7-3/h18-20H,5-17H2,1-4H3. The van der Waals surface area contributed by atoms with Crippen molar-refractivity contribution in [3.63, 3.8) is 0 Å². The molecule has 1 nitrogen and oxygen atoms in total. The predicted octanol–water partition coefficient (Wildman–Crippen LogP) is 6.32. The second-order valence-electron chi connectivity index (χ2n) is 6.36. The zero-order valence-corrected chi connectivity index (χ0v) is 14.8. The minimum atomic E-state index is 0.763. The van der Waals surface area contributed by atoms with Crippen molar-refractivity contribution in [3.8, 4) is 0 Å². The van der Waals surface area contributed by atoms with Crippen LogP contribution in [0.4, 0.5) is 0 Å². The van der Waals surface area contributed by atoms with Gasteiger partial charge in [0.2, 0.25) is 0 Å². The van der Waals surface area contributed by atoms with Gasteiger partial charge < -0.3 is 5.32 Å². The van der Waals surface area contributed by atoms with Gasteiger partial charge in [-0.1, -0.05) is 98.3 Å². The molecule has 20 heavy (non-hydrogen) atoms. The normalized spacial score (nSPS) is 13.1. The first kappa shape index (κ1) is 20.0. The fraction of sp³-hybridized carbons (Fsp3) is 1.00. The lowest BCUT2D eigenvalue weighted by molar-refractivity contribution is 0.313. The van der Waals surface area contributed by atoms with E-state index in [4.69, 9.17) is 0 Å². The van der Waals surface area contributed by atoms with E-state index >= 15 is 0 Å². The van der Waals surface area contributed by atoms with Crippen LogP contribution in [0.25, 0.3) is 0 Å². The smallest absolute Gasteiger partial charge is 0.00950 e. The van der Waals surface area contributed by atoms with Crippen LogP contribution in [0.2, 0.25) is 0 Å². The fourth-order valence-corrected chi connectivity index (χ4v) is 3.30. The van der Waals surface area contributed by atoms with E-state index in [1.165, 1.54) is 77.0 Å². The maximum atomic E-state index is 3.71. The van der Waals surface area contributed by atoms with E-state index in [0.717, 1.165) is 18.5 Å². The molecule has 0 bridgehead atoms. The molecule has 0 aromatic heterocycles. The molecule has 0 aliphatic heterocycles. The lowest BCUT2D eigenvalue weighted by Crippen LogP contribution is -2.35. The Balaban J connectivity index is 3.53. The van der Waals surface area contributed by atoms with Crippen molar-refractivity contribution in [1.82, 2.24) is 5.32 Å². The lowest BCUT2D eigenvalue weighted by atomic mass is 9.90. The number of hydrogen-bond acceptors (Lipinski definition) is 1. The molecule has 1 atom stereocenters. The molecule has 0 saturated carbocycles. The van der Waals surface area contributed by atoms with Crippen LogP contribution in [0.3, 0.4) is 0 Å². The van der Waals surface area contributed by atoms with Gasteiger partial charge in [0, 0.05) is 6.04 Å². The van der Waals surface area contributed by atoms with Gasteiger partial charge in [-0.15, -0.1) is 0 Å². The van der Waals surface area contributed by atoms with Gasteiger partial charge in [-0.25, -0.2) is 0 Å². The largest absolute Gasteiger partial charge is 0.314 e. The maximum Gasteiger partial charge on any atom is 0.00950 e. The summed E-state index contributed by atoms with van der Waals surface area (Å²) in [6, 6.07) is 0.763. The van der Waals surface area contributed by atoms with Crippen molar-refractivity contribution >= 4 is 0 Å². The van der Waals surface area contributed by atoms with E-state index in [-0.39, 0.29) is 0 Å². The zero-order valence-electron chi connectivity index (χ0n) is 14.8. The molecular weight excluding hydrogens is 242 g/mol. The molecule has 0 saturated heterocycles. The number of unbranched alkanes of at least 4 members (excludes halogenated alkanes) is 8. The lowest BCUT2D eigenvalue weighted by Gasteiger charge is -2.26. The number of hydrogen-bond donors (Lipinski definition) is 1. The molecule has 0 amide bonds. The molecular formula is C19H41N. The van der Waals surface area contributed by atoms with E-state index in [2.05, 4.69) is 33.0 Å². The molecule has 0 aromatic rings. The minimum absolute atomic E-state index is 0.763. The highest BCUT2D eigenvalue weighted by Gasteiger charge is 2.16. The Morgan fingerprint density at radius 2 is 1.15 bits per heavy atom. The molecule has 0 rings (SSSR count). The summed E-state index contributed by atoms with van der Waals surface area (Å²) in [5.41, 5.74) is 0. The zero-order chi connectivity index (χ0) is 15.1. The highest BCUT2D eigenvalue weighted by molar-refractivity contribution is 4.74. The van der Waals surface area contributed by atoms with Gasteiger partial charge in [0.05, 0.1) is 0 Å². The first-order valence-corrected chi connectivity index (χ1v) is 9.53. The summed E-state index contributed by atoms with van der Waals surface area (Å²) in [7, 11) is 0. The van der Waals surface area contributed by atoms with E-state index in [0.29, 0.717) is 0 Å². The molecule has 0 spiro atoms. The average Bonchev–Trinajstić information content (AvgIpc) is 2.46. The summed E-state index contributed by atoms with van der Waals surface area (Å²) < 4.78 is 0. The van der Waals surface area contributed by atoms with Crippen LogP contribution >= 0.6 is 0 Å². The molecule has 122 valence electrons. The fourth-order valence-electron chi connectivity index (χ4n) is 3.30. The Bertz CT molecular complexity index is 175. The first-order chi connectivity index (χ1) is 9.79. The second-order valence-corrected chi connectivity index (χ2v) is 6.36. The monoisotopic (exact) mass is 283 g/mol. The molecule has 0 fully saturated rings. The Kier molecular flexibility index (Phi) is 15.3. The van der Waals surface area contributed by atoms with E-state index in [9.17, 15) is 0 Å². The van der Waals surface area contributed by atoms with Gasteiger partial charge in [-0.3, -0.25) is 0 Å². The van der Waals surface area contributed by atoms with Crippen molar-refractivity contribution in [2.75, 3.05) is 6.54 Å². The van der Waals surface area contributed by atoms with Crippen molar-refractivity contribution in [2.24, 2.45) is 5.92 Å². The minimum Gasteiger partial charge on any atom is -0.314 e. The van der Waals surface area contributed by atoms with Crippen LogP contribution in [0, 0.1) is 5.92 Å².